The molecule has 0 atom stereocenters. The summed E-state index contributed by atoms with van der Waals surface area (Å²) in [6.45, 7) is 2.67. The number of benzene rings is 2. The Balaban J connectivity index is 1.68. The Morgan fingerprint density at radius 2 is 1.90 bits per heavy atom. The summed E-state index contributed by atoms with van der Waals surface area (Å²) in [7, 11) is 0. The standard InChI is InChI=1S/C20H20ClN5O3/c1-2-3-12-26-18(23-24-25-26)13-29-20(28)16-6-4-5-7-17(16)22-19(27)14-8-10-15(21)11-9-14/h4-11H,2-3,12-13H2,1H3,(H,22,27). The van der Waals surface area contributed by atoms with Crippen LogP contribution in [0.5, 0.6) is 0 Å². The van der Waals surface area contributed by atoms with Crippen LogP contribution in [0.15, 0.2) is 48.5 Å². The third kappa shape index (κ3) is 5.39. The molecule has 150 valence electrons. The Morgan fingerprint density at radius 1 is 1.14 bits per heavy atom. The minimum atomic E-state index is -0.581. The predicted molar refractivity (Wildman–Crippen MR) is 108 cm³/mol. The van der Waals surface area contributed by atoms with Crippen molar-refractivity contribution in [3.8, 4) is 0 Å². The van der Waals surface area contributed by atoms with Crippen LogP contribution in [0.2, 0.25) is 5.02 Å². The molecule has 29 heavy (non-hydrogen) atoms. The number of aromatic nitrogens is 4. The highest BCUT2D eigenvalue weighted by Gasteiger charge is 2.17. The van der Waals surface area contributed by atoms with Crippen molar-refractivity contribution in [3.63, 3.8) is 0 Å². The second-order valence-electron chi connectivity index (χ2n) is 6.25. The molecule has 1 amide bonds. The van der Waals surface area contributed by atoms with Crippen LogP contribution in [0, 0.1) is 0 Å². The van der Waals surface area contributed by atoms with E-state index in [1.54, 1.807) is 53.2 Å². The molecule has 0 saturated heterocycles. The average molecular weight is 414 g/mol. The Kier molecular flexibility index (Phi) is 6.91. The number of tetrazole rings is 1. The van der Waals surface area contributed by atoms with Crippen LogP contribution in [-0.4, -0.2) is 32.1 Å². The second kappa shape index (κ2) is 9.79. The van der Waals surface area contributed by atoms with Gasteiger partial charge in [0.15, 0.2) is 12.4 Å². The third-order valence-electron chi connectivity index (χ3n) is 4.16. The normalized spacial score (nSPS) is 10.6. The smallest absolute Gasteiger partial charge is 0.340 e. The van der Waals surface area contributed by atoms with Gasteiger partial charge in [-0.3, -0.25) is 4.79 Å². The van der Waals surface area contributed by atoms with E-state index >= 15 is 0 Å². The van der Waals surface area contributed by atoms with Gasteiger partial charge in [0.2, 0.25) is 0 Å². The number of ether oxygens (including phenoxy) is 1. The van der Waals surface area contributed by atoms with E-state index in [9.17, 15) is 9.59 Å². The van der Waals surface area contributed by atoms with E-state index in [0.29, 0.717) is 28.6 Å². The molecule has 3 rings (SSSR count). The number of anilines is 1. The summed E-state index contributed by atoms with van der Waals surface area (Å²) in [5.41, 5.74) is 1.01. The van der Waals surface area contributed by atoms with Gasteiger partial charge in [-0.25, -0.2) is 9.48 Å². The summed E-state index contributed by atoms with van der Waals surface area (Å²) < 4.78 is 6.98. The zero-order valence-corrected chi connectivity index (χ0v) is 16.6. The molecule has 1 N–H and O–H groups in total. The number of rotatable bonds is 8. The van der Waals surface area contributed by atoms with Crippen LogP contribution in [0.25, 0.3) is 0 Å². The molecule has 2 aromatic carbocycles. The van der Waals surface area contributed by atoms with Crippen LogP contribution in [0.3, 0.4) is 0 Å². The van der Waals surface area contributed by atoms with Gasteiger partial charge < -0.3 is 10.1 Å². The first-order chi connectivity index (χ1) is 14.1. The summed E-state index contributed by atoms with van der Waals surface area (Å²) in [4.78, 5) is 25.0. The first-order valence-electron chi connectivity index (χ1n) is 9.16. The van der Waals surface area contributed by atoms with E-state index in [0.717, 1.165) is 12.8 Å². The molecule has 9 heteroatoms. The van der Waals surface area contributed by atoms with Crippen molar-refractivity contribution in [1.82, 2.24) is 20.2 Å². The molecule has 0 saturated carbocycles. The van der Waals surface area contributed by atoms with Crippen molar-refractivity contribution in [3.05, 3.63) is 70.5 Å². The molecule has 0 unspecified atom stereocenters. The Morgan fingerprint density at radius 3 is 2.66 bits per heavy atom. The van der Waals surface area contributed by atoms with Crippen LogP contribution in [0.1, 0.15) is 46.3 Å². The number of carbonyl (C=O) groups excluding carboxylic acids is 2. The number of para-hydroxylation sites is 1. The van der Waals surface area contributed by atoms with Gasteiger partial charge in [-0.1, -0.05) is 37.1 Å². The highest BCUT2D eigenvalue weighted by molar-refractivity contribution is 6.30. The van der Waals surface area contributed by atoms with Gasteiger partial charge in [-0.05, 0) is 53.2 Å². The van der Waals surface area contributed by atoms with Crippen LogP contribution in [-0.2, 0) is 17.9 Å². The van der Waals surface area contributed by atoms with Gasteiger partial charge in [-0.2, -0.15) is 0 Å². The number of nitrogens with zero attached hydrogens (tertiary/aromatic N) is 4. The maximum atomic E-state index is 12.6. The number of carbonyl (C=O) groups is 2. The molecule has 3 aromatic rings. The van der Waals surface area contributed by atoms with Crippen molar-refractivity contribution in [1.29, 1.82) is 0 Å². The number of amides is 1. The number of esters is 1. The molecule has 0 aliphatic rings. The van der Waals surface area contributed by atoms with Gasteiger partial charge in [0, 0.05) is 17.1 Å². The number of aryl methyl sites for hydroxylation is 1. The maximum absolute atomic E-state index is 12.6. The monoisotopic (exact) mass is 413 g/mol. The molecular formula is C20H20ClN5O3. The van der Waals surface area contributed by atoms with Crippen molar-refractivity contribution >= 4 is 29.2 Å². The molecule has 8 nitrogen and oxygen atoms in total. The summed E-state index contributed by atoms with van der Waals surface area (Å²) in [6, 6.07) is 13.1. The van der Waals surface area contributed by atoms with Crippen molar-refractivity contribution in [2.45, 2.75) is 32.9 Å². The lowest BCUT2D eigenvalue weighted by Crippen LogP contribution is -2.16. The lowest BCUT2D eigenvalue weighted by Gasteiger charge is -2.11. The van der Waals surface area contributed by atoms with Crippen molar-refractivity contribution < 1.29 is 14.3 Å². The van der Waals surface area contributed by atoms with Gasteiger partial charge in [0.25, 0.3) is 5.91 Å². The average Bonchev–Trinajstić information content (AvgIpc) is 3.18. The zero-order valence-electron chi connectivity index (χ0n) is 15.8. The molecule has 0 bridgehead atoms. The predicted octanol–water partition coefficient (Wildman–Crippen LogP) is 3.74. The molecule has 1 aromatic heterocycles. The van der Waals surface area contributed by atoms with Gasteiger partial charge in [-0.15, -0.1) is 5.10 Å². The minimum Gasteiger partial charge on any atom is -0.454 e. The SMILES string of the molecule is CCCCn1nnnc1COC(=O)c1ccccc1NC(=O)c1ccc(Cl)cc1. The lowest BCUT2D eigenvalue weighted by atomic mass is 10.1. The van der Waals surface area contributed by atoms with Crippen molar-refractivity contribution in [2.24, 2.45) is 0 Å². The third-order valence-corrected chi connectivity index (χ3v) is 4.42. The number of nitrogens with one attached hydrogen (secondary N) is 1. The molecule has 0 aliphatic carbocycles. The zero-order chi connectivity index (χ0) is 20.6. The minimum absolute atomic E-state index is 0.0605. The van der Waals surface area contributed by atoms with E-state index in [1.165, 1.54) is 0 Å². The molecule has 1 heterocycles. The summed E-state index contributed by atoms with van der Waals surface area (Å²) >= 11 is 5.85. The maximum Gasteiger partial charge on any atom is 0.340 e. The fraction of sp³-hybridized carbons (Fsp3) is 0.250. The molecular weight excluding hydrogens is 394 g/mol. The topological polar surface area (TPSA) is 99.0 Å². The Bertz CT molecular complexity index is 988. The quantitative estimate of drug-likeness (QED) is 0.565. The number of hydrogen-bond acceptors (Lipinski definition) is 6. The van der Waals surface area contributed by atoms with E-state index in [2.05, 4.69) is 27.8 Å². The Hall–Kier alpha value is -3.26. The van der Waals surface area contributed by atoms with E-state index < -0.39 is 5.97 Å². The number of unbranched alkanes of at least 4 members (excludes halogenated alkanes) is 1. The van der Waals surface area contributed by atoms with E-state index in [4.69, 9.17) is 16.3 Å². The first-order valence-corrected chi connectivity index (χ1v) is 9.54. The molecule has 0 spiro atoms. The van der Waals surface area contributed by atoms with E-state index in [1.807, 2.05) is 0 Å². The summed E-state index contributed by atoms with van der Waals surface area (Å²) in [5, 5.41) is 14.7. The van der Waals surface area contributed by atoms with Gasteiger partial charge in [0.1, 0.15) is 0 Å². The summed E-state index contributed by atoms with van der Waals surface area (Å²) in [5.74, 6) is -0.470. The first kappa shape index (κ1) is 20.5. The molecule has 0 aliphatic heterocycles. The molecule has 0 radical (unpaired) electrons. The van der Waals surface area contributed by atoms with Crippen LogP contribution < -0.4 is 5.32 Å². The fourth-order valence-corrected chi connectivity index (χ4v) is 2.71. The summed E-state index contributed by atoms with van der Waals surface area (Å²) in [6.07, 6.45) is 1.92. The number of halogens is 1. The van der Waals surface area contributed by atoms with Gasteiger partial charge >= 0.3 is 5.97 Å². The Labute approximate surface area is 172 Å². The second-order valence-corrected chi connectivity index (χ2v) is 6.69. The van der Waals surface area contributed by atoms with Crippen molar-refractivity contribution in [2.75, 3.05) is 5.32 Å². The highest BCUT2D eigenvalue weighted by Crippen LogP contribution is 2.19. The van der Waals surface area contributed by atoms with E-state index in [-0.39, 0.29) is 18.1 Å². The van der Waals surface area contributed by atoms with Gasteiger partial charge in [0.05, 0.1) is 11.3 Å². The highest BCUT2D eigenvalue weighted by atomic mass is 35.5. The van der Waals surface area contributed by atoms with Crippen LogP contribution >= 0.6 is 11.6 Å². The molecule has 0 fully saturated rings. The largest absolute Gasteiger partial charge is 0.454 e. The number of hydrogen-bond donors (Lipinski definition) is 1. The fourth-order valence-electron chi connectivity index (χ4n) is 2.58. The lowest BCUT2D eigenvalue weighted by molar-refractivity contribution is 0.0457. The van der Waals surface area contributed by atoms with Crippen LogP contribution in [0.4, 0.5) is 5.69 Å².